The predicted octanol–water partition coefficient (Wildman–Crippen LogP) is 0.938. The molecule has 0 spiro atoms. The summed E-state index contributed by atoms with van der Waals surface area (Å²) in [6.45, 7) is 4.91. The van der Waals surface area contributed by atoms with Gasteiger partial charge in [-0.25, -0.2) is 0 Å². The molecule has 0 aromatic heterocycles. The lowest BCUT2D eigenvalue weighted by Gasteiger charge is -2.09. The van der Waals surface area contributed by atoms with Crippen LogP contribution < -0.4 is 5.32 Å². The van der Waals surface area contributed by atoms with E-state index in [0.29, 0.717) is 19.0 Å². The van der Waals surface area contributed by atoms with Crippen molar-refractivity contribution < 1.29 is 9.53 Å². The molecule has 0 aliphatic carbocycles. The summed E-state index contributed by atoms with van der Waals surface area (Å²) in [5.41, 5.74) is 0. The van der Waals surface area contributed by atoms with Gasteiger partial charge >= 0.3 is 5.97 Å². The van der Waals surface area contributed by atoms with Crippen molar-refractivity contribution in [1.29, 1.82) is 0 Å². The van der Waals surface area contributed by atoms with Gasteiger partial charge in [-0.2, -0.15) is 0 Å². The average molecular weight is 159 g/mol. The molecule has 0 aliphatic rings. The molecule has 0 rings (SSSR count). The Hall–Kier alpha value is -0.570. The van der Waals surface area contributed by atoms with E-state index in [2.05, 4.69) is 23.9 Å². The molecule has 0 aromatic carbocycles. The highest BCUT2D eigenvalue weighted by Crippen LogP contribution is 1.88. The Bertz CT molecular complexity index is 115. The summed E-state index contributed by atoms with van der Waals surface area (Å²) in [7, 11) is 1.41. The van der Waals surface area contributed by atoms with Gasteiger partial charge in [0.15, 0.2) is 0 Å². The van der Waals surface area contributed by atoms with Crippen molar-refractivity contribution >= 4 is 5.97 Å². The normalized spacial score (nSPS) is 12.6. The van der Waals surface area contributed by atoms with Crippen LogP contribution in [0.4, 0.5) is 0 Å². The van der Waals surface area contributed by atoms with E-state index >= 15 is 0 Å². The zero-order chi connectivity index (χ0) is 8.69. The van der Waals surface area contributed by atoms with Crippen molar-refractivity contribution in [1.82, 2.24) is 5.32 Å². The molecule has 3 nitrogen and oxygen atoms in total. The van der Waals surface area contributed by atoms with Gasteiger partial charge in [0.25, 0.3) is 0 Å². The number of esters is 1. The molecule has 0 aliphatic heterocycles. The molecule has 0 amide bonds. The SMILES string of the molecule is CCC(C)NCCC(=O)OC. The number of methoxy groups -OCH3 is 1. The van der Waals surface area contributed by atoms with Crippen molar-refractivity contribution in [2.24, 2.45) is 0 Å². The molecule has 11 heavy (non-hydrogen) atoms. The topological polar surface area (TPSA) is 38.3 Å². The van der Waals surface area contributed by atoms with Gasteiger partial charge < -0.3 is 10.1 Å². The number of carbonyl (C=O) groups is 1. The van der Waals surface area contributed by atoms with E-state index in [1.165, 1.54) is 7.11 Å². The van der Waals surface area contributed by atoms with E-state index in [-0.39, 0.29) is 5.97 Å². The lowest BCUT2D eigenvalue weighted by atomic mass is 10.2. The molecule has 0 radical (unpaired) electrons. The first-order valence-electron chi connectivity index (χ1n) is 4.00. The fourth-order valence-electron chi connectivity index (χ4n) is 0.667. The van der Waals surface area contributed by atoms with E-state index < -0.39 is 0 Å². The second-order valence-corrected chi connectivity index (χ2v) is 2.59. The summed E-state index contributed by atoms with van der Waals surface area (Å²) >= 11 is 0. The first-order valence-corrected chi connectivity index (χ1v) is 4.00. The number of hydrogen-bond donors (Lipinski definition) is 1. The minimum Gasteiger partial charge on any atom is -0.469 e. The number of hydrogen-bond acceptors (Lipinski definition) is 3. The second kappa shape index (κ2) is 6.16. The third kappa shape index (κ3) is 5.85. The maximum Gasteiger partial charge on any atom is 0.306 e. The van der Waals surface area contributed by atoms with Crippen LogP contribution >= 0.6 is 0 Å². The van der Waals surface area contributed by atoms with Crippen molar-refractivity contribution in [3.8, 4) is 0 Å². The fourth-order valence-corrected chi connectivity index (χ4v) is 0.667. The van der Waals surface area contributed by atoms with Gasteiger partial charge in [-0.3, -0.25) is 4.79 Å². The van der Waals surface area contributed by atoms with Crippen LogP contribution in [-0.2, 0) is 9.53 Å². The predicted molar refractivity (Wildman–Crippen MR) is 44.4 cm³/mol. The highest BCUT2D eigenvalue weighted by molar-refractivity contribution is 5.69. The Kier molecular flexibility index (Phi) is 5.84. The Morgan fingerprint density at radius 3 is 2.73 bits per heavy atom. The molecular weight excluding hydrogens is 142 g/mol. The zero-order valence-corrected chi connectivity index (χ0v) is 7.52. The van der Waals surface area contributed by atoms with Gasteiger partial charge in [-0.05, 0) is 13.3 Å². The quantitative estimate of drug-likeness (QED) is 0.607. The molecule has 1 atom stereocenters. The second-order valence-electron chi connectivity index (χ2n) is 2.59. The average Bonchev–Trinajstić information content (AvgIpc) is 2.04. The Morgan fingerprint density at radius 1 is 1.64 bits per heavy atom. The van der Waals surface area contributed by atoms with Gasteiger partial charge in [0.1, 0.15) is 0 Å². The molecule has 0 fully saturated rings. The molecule has 66 valence electrons. The van der Waals surface area contributed by atoms with Gasteiger partial charge in [-0.15, -0.1) is 0 Å². The van der Waals surface area contributed by atoms with Crippen LogP contribution in [0.2, 0.25) is 0 Å². The molecule has 0 aromatic rings. The number of carbonyl (C=O) groups excluding carboxylic acids is 1. The van der Waals surface area contributed by atoms with Crippen LogP contribution in [0.25, 0.3) is 0 Å². The third-order valence-corrected chi connectivity index (χ3v) is 1.66. The summed E-state index contributed by atoms with van der Waals surface area (Å²) in [5, 5.41) is 3.20. The summed E-state index contributed by atoms with van der Waals surface area (Å²) in [4.78, 5) is 10.6. The van der Waals surface area contributed by atoms with Gasteiger partial charge in [-0.1, -0.05) is 6.92 Å². The van der Waals surface area contributed by atoms with E-state index in [0.717, 1.165) is 6.42 Å². The third-order valence-electron chi connectivity index (χ3n) is 1.66. The summed E-state index contributed by atoms with van der Waals surface area (Å²) in [6, 6.07) is 0.486. The first-order chi connectivity index (χ1) is 5.20. The molecule has 3 heteroatoms. The number of ether oxygens (including phenoxy) is 1. The Labute approximate surface area is 68.1 Å². The number of nitrogens with one attached hydrogen (secondary N) is 1. The standard InChI is InChI=1S/C8H17NO2/c1-4-7(2)9-6-5-8(10)11-3/h7,9H,4-6H2,1-3H3. The van der Waals surface area contributed by atoms with Crippen LogP contribution in [0.1, 0.15) is 26.7 Å². The molecule has 0 bridgehead atoms. The number of rotatable bonds is 5. The highest BCUT2D eigenvalue weighted by atomic mass is 16.5. The van der Waals surface area contributed by atoms with Crippen molar-refractivity contribution in [3.05, 3.63) is 0 Å². The van der Waals surface area contributed by atoms with Crippen LogP contribution in [0, 0.1) is 0 Å². The van der Waals surface area contributed by atoms with Gasteiger partial charge in [0.05, 0.1) is 13.5 Å². The van der Waals surface area contributed by atoms with Crippen LogP contribution in [-0.4, -0.2) is 25.7 Å². The summed E-state index contributed by atoms with van der Waals surface area (Å²) in [5.74, 6) is -0.152. The van der Waals surface area contributed by atoms with Crippen LogP contribution in [0.3, 0.4) is 0 Å². The smallest absolute Gasteiger partial charge is 0.306 e. The minimum atomic E-state index is -0.152. The minimum absolute atomic E-state index is 0.152. The molecule has 1 unspecified atom stereocenters. The molecule has 0 heterocycles. The van der Waals surface area contributed by atoms with E-state index in [4.69, 9.17) is 0 Å². The monoisotopic (exact) mass is 159 g/mol. The van der Waals surface area contributed by atoms with E-state index in [1.807, 2.05) is 0 Å². The summed E-state index contributed by atoms with van der Waals surface area (Å²) < 4.78 is 4.49. The fraction of sp³-hybridized carbons (Fsp3) is 0.875. The molecule has 1 N–H and O–H groups in total. The van der Waals surface area contributed by atoms with Crippen molar-refractivity contribution in [2.75, 3.05) is 13.7 Å². The van der Waals surface area contributed by atoms with E-state index in [9.17, 15) is 4.79 Å². The molecule has 0 saturated carbocycles. The first kappa shape index (κ1) is 10.4. The zero-order valence-electron chi connectivity index (χ0n) is 7.52. The van der Waals surface area contributed by atoms with Crippen molar-refractivity contribution in [2.45, 2.75) is 32.7 Å². The Morgan fingerprint density at radius 2 is 2.27 bits per heavy atom. The maximum atomic E-state index is 10.6. The van der Waals surface area contributed by atoms with E-state index in [1.54, 1.807) is 0 Å². The highest BCUT2D eigenvalue weighted by Gasteiger charge is 2.00. The van der Waals surface area contributed by atoms with Gasteiger partial charge in [0, 0.05) is 12.6 Å². The van der Waals surface area contributed by atoms with Crippen molar-refractivity contribution in [3.63, 3.8) is 0 Å². The lowest BCUT2D eigenvalue weighted by molar-refractivity contribution is -0.140. The molecule has 0 saturated heterocycles. The van der Waals surface area contributed by atoms with Crippen LogP contribution in [0.15, 0.2) is 0 Å². The maximum absolute atomic E-state index is 10.6. The Balaban J connectivity index is 3.20. The summed E-state index contributed by atoms with van der Waals surface area (Å²) in [6.07, 6.45) is 1.54. The van der Waals surface area contributed by atoms with Gasteiger partial charge in [0.2, 0.25) is 0 Å². The lowest BCUT2D eigenvalue weighted by Crippen LogP contribution is -2.27. The molecular formula is C8H17NO2. The van der Waals surface area contributed by atoms with Crippen LogP contribution in [0.5, 0.6) is 0 Å². The largest absolute Gasteiger partial charge is 0.469 e.